The average molecular weight is 376 g/mol. The molecule has 1 fully saturated rings. The van der Waals surface area contributed by atoms with Crippen LogP contribution in [0.4, 0.5) is 17.6 Å². The molecule has 0 bridgehead atoms. The zero-order valence-electron chi connectivity index (χ0n) is 14.2. The van der Waals surface area contributed by atoms with E-state index in [2.05, 4.69) is 0 Å². The number of carbonyl (C=O) groups is 2. The van der Waals surface area contributed by atoms with E-state index in [0.717, 1.165) is 12.1 Å². The molecule has 1 aromatic carbocycles. The summed E-state index contributed by atoms with van der Waals surface area (Å²) >= 11 is 0. The van der Waals surface area contributed by atoms with Crippen molar-refractivity contribution in [2.75, 3.05) is 26.2 Å². The monoisotopic (exact) mass is 376 g/mol. The summed E-state index contributed by atoms with van der Waals surface area (Å²) in [5.74, 6) is -3.29. The van der Waals surface area contributed by atoms with Gasteiger partial charge in [0.15, 0.2) is 0 Å². The molecule has 2 rings (SSSR count). The van der Waals surface area contributed by atoms with Gasteiger partial charge in [0.25, 0.3) is 5.91 Å². The Hall–Kier alpha value is -2.16. The summed E-state index contributed by atoms with van der Waals surface area (Å²) in [6, 6.07) is 2.62. The minimum Gasteiger partial charge on any atom is -0.480 e. The summed E-state index contributed by atoms with van der Waals surface area (Å²) in [6.07, 6.45) is -3.91. The lowest BCUT2D eigenvalue weighted by Crippen LogP contribution is -2.48. The van der Waals surface area contributed by atoms with E-state index in [1.54, 1.807) is 4.90 Å². The number of amides is 1. The van der Waals surface area contributed by atoms with Crippen molar-refractivity contribution in [3.05, 3.63) is 35.1 Å². The van der Waals surface area contributed by atoms with Crippen molar-refractivity contribution < 1.29 is 32.3 Å². The van der Waals surface area contributed by atoms with Gasteiger partial charge in [0.1, 0.15) is 5.82 Å². The highest BCUT2D eigenvalue weighted by Crippen LogP contribution is 2.33. The highest BCUT2D eigenvalue weighted by molar-refractivity contribution is 5.94. The van der Waals surface area contributed by atoms with Crippen LogP contribution < -0.4 is 0 Å². The van der Waals surface area contributed by atoms with E-state index in [-0.39, 0.29) is 25.7 Å². The quantitative estimate of drug-likeness (QED) is 0.803. The minimum atomic E-state index is -4.87. The third kappa shape index (κ3) is 4.51. The number of nitrogens with zero attached hydrogens (tertiary/aromatic N) is 2. The number of rotatable bonds is 5. The highest BCUT2D eigenvalue weighted by Gasteiger charge is 2.37. The topological polar surface area (TPSA) is 60.9 Å². The van der Waals surface area contributed by atoms with E-state index in [0.29, 0.717) is 25.5 Å². The first-order chi connectivity index (χ1) is 12.1. The number of halogens is 4. The van der Waals surface area contributed by atoms with E-state index in [1.165, 1.54) is 4.90 Å². The fourth-order valence-corrected chi connectivity index (χ4v) is 3.19. The van der Waals surface area contributed by atoms with E-state index < -0.39 is 35.0 Å². The van der Waals surface area contributed by atoms with Crippen LogP contribution in [0.3, 0.4) is 0 Å². The largest absolute Gasteiger partial charge is 0.480 e. The maximum absolute atomic E-state index is 14.1. The number of carboxylic acid groups (broad SMARTS) is 1. The predicted molar refractivity (Wildman–Crippen MR) is 85.2 cm³/mol. The zero-order valence-corrected chi connectivity index (χ0v) is 14.2. The number of likely N-dealkylation sites (tertiary alicyclic amines) is 1. The smallest absolute Gasteiger partial charge is 0.419 e. The number of aliphatic carboxylic acids is 1. The van der Waals surface area contributed by atoms with Crippen LogP contribution in [0.5, 0.6) is 0 Å². The van der Waals surface area contributed by atoms with Gasteiger partial charge in [-0.1, -0.05) is 13.0 Å². The van der Waals surface area contributed by atoms with Crippen LogP contribution in [0.15, 0.2) is 18.2 Å². The molecule has 0 atom stereocenters. The Bertz CT molecular complexity index is 670. The first kappa shape index (κ1) is 20.2. The lowest BCUT2D eigenvalue weighted by atomic mass is 10.0. The summed E-state index contributed by atoms with van der Waals surface area (Å²) in [7, 11) is 0. The first-order valence-electron chi connectivity index (χ1n) is 8.26. The molecule has 144 valence electrons. The molecule has 5 nitrogen and oxygen atoms in total. The second-order valence-corrected chi connectivity index (χ2v) is 6.15. The molecule has 1 saturated heterocycles. The van der Waals surface area contributed by atoms with Gasteiger partial charge in [-0.25, -0.2) is 4.39 Å². The minimum absolute atomic E-state index is 0.0356. The number of alkyl halides is 3. The zero-order chi connectivity index (χ0) is 19.5. The van der Waals surface area contributed by atoms with Crippen LogP contribution in [0, 0.1) is 5.82 Å². The van der Waals surface area contributed by atoms with Gasteiger partial charge >= 0.3 is 12.1 Å². The molecule has 1 amide bonds. The summed E-state index contributed by atoms with van der Waals surface area (Å²) in [6.45, 7) is 2.72. The SMILES string of the molecule is CCN(CC(=O)O)C1CCN(C(=O)c2cccc(C(F)(F)F)c2F)CC1. The van der Waals surface area contributed by atoms with Crippen molar-refractivity contribution in [3.63, 3.8) is 0 Å². The van der Waals surface area contributed by atoms with Crippen molar-refractivity contribution in [1.82, 2.24) is 9.80 Å². The Morgan fingerprint density at radius 3 is 2.38 bits per heavy atom. The molecular formula is C17H20F4N2O3. The molecule has 26 heavy (non-hydrogen) atoms. The number of benzene rings is 1. The standard InChI is InChI=1S/C17H20F4N2O3/c1-2-22(10-14(24)25)11-6-8-23(9-7-11)16(26)12-4-3-5-13(15(12)18)17(19,20)21/h3-5,11H,2,6-10H2,1H3,(H,24,25). The van der Waals surface area contributed by atoms with Crippen molar-refractivity contribution in [2.45, 2.75) is 32.0 Å². The first-order valence-corrected chi connectivity index (χ1v) is 8.26. The third-order valence-corrected chi connectivity index (χ3v) is 4.55. The summed E-state index contributed by atoms with van der Waals surface area (Å²) in [5, 5.41) is 8.92. The van der Waals surface area contributed by atoms with Crippen LogP contribution in [-0.2, 0) is 11.0 Å². The van der Waals surface area contributed by atoms with Crippen molar-refractivity contribution in [2.24, 2.45) is 0 Å². The second-order valence-electron chi connectivity index (χ2n) is 6.15. The number of piperidine rings is 1. The number of hydrogen-bond donors (Lipinski definition) is 1. The molecule has 0 saturated carbocycles. The molecular weight excluding hydrogens is 356 g/mol. The number of carboxylic acids is 1. The van der Waals surface area contributed by atoms with Crippen LogP contribution >= 0.6 is 0 Å². The van der Waals surface area contributed by atoms with E-state index in [9.17, 15) is 27.2 Å². The van der Waals surface area contributed by atoms with Crippen LogP contribution in [0.2, 0.25) is 0 Å². The Labute approximate surface area is 148 Å². The number of carbonyl (C=O) groups excluding carboxylic acids is 1. The van der Waals surface area contributed by atoms with Gasteiger partial charge in [-0.3, -0.25) is 14.5 Å². The molecule has 1 N–H and O–H groups in total. The molecule has 9 heteroatoms. The van der Waals surface area contributed by atoms with Gasteiger partial charge < -0.3 is 10.0 Å². The normalized spacial score (nSPS) is 16.2. The average Bonchev–Trinajstić information content (AvgIpc) is 2.58. The van der Waals surface area contributed by atoms with Gasteiger partial charge in [0.2, 0.25) is 0 Å². The van der Waals surface area contributed by atoms with E-state index in [1.807, 2.05) is 6.92 Å². The predicted octanol–water partition coefficient (Wildman–Crippen LogP) is 2.86. The van der Waals surface area contributed by atoms with Crippen LogP contribution in [0.25, 0.3) is 0 Å². The van der Waals surface area contributed by atoms with Crippen molar-refractivity contribution in [3.8, 4) is 0 Å². The highest BCUT2D eigenvalue weighted by atomic mass is 19.4. The molecule has 1 heterocycles. The molecule has 0 spiro atoms. The summed E-state index contributed by atoms with van der Waals surface area (Å²) < 4.78 is 52.5. The molecule has 0 radical (unpaired) electrons. The molecule has 0 aliphatic carbocycles. The fourth-order valence-electron chi connectivity index (χ4n) is 3.19. The Kier molecular flexibility index (Phi) is 6.22. The molecule has 0 aromatic heterocycles. The van der Waals surface area contributed by atoms with Gasteiger partial charge in [-0.2, -0.15) is 13.2 Å². The summed E-state index contributed by atoms with van der Waals surface area (Å²) in [5.41, 5.74) is -2.06. The van der Waals surface area contributed by atoms with Crippen LogP contribution in [0.1, 0.15) is 35.7 Å². The lowest BCUT2D eigenvalue weighted by Gasteiger charge is -2.37. The van der Waals surface area contributed by atoms with Gasteiger partial charge in [0, 0.05) is 19.1 Å². The maximum atomic E-state index is 14.1. The van der Waals surface area contributed by atoms with Crippen molar-refractivity contribution in [1.29, 1.82) is 0 Å². The fraction of sp³-hybridized carbons (Fsp3) is 0.529. The molecule has 1 aliphatic heterocycles. The Morgan fingerprint density at radius 2 is 1.88 bits per heavy atom. The second kappa shape index (κ2) is 8.03. The van der Waals surface area contributed by atoms with Crippen LogP contribution in [-0.4, -0.2) is 59.0 Å². The van der Waals surface area contributed by atoms with Gasteiger partial charge in [0.05, 0.1) is 17.7 Å². The molecule has 1 aromatic rings. The number of hydrogen-bond acceptors (Lipinski definition) is 3. The van der Waals surface area contributed by atoms with Gasteiger partial charge in [-0.05, 0) is 31.5 Å². The third-order valence-electron chi connectivity index (χ3n) is 4.55. The molecule has 0 unspecified atom stereocenters. The lowest BCUT2D eigenvalue weighted by molar-refractivity contribution is -0.140. The van der Waals surface area contributed by atoms with E-state index >= 15 is 0 Å². The summed E-state index contributed by atoms with van der Waals surface area (Å²) in [4.78, 5) is 26.4. The van der Waals surface area contributed by atoms with E-state index in [4.69, 9.17) is 5.11 Å². The van der Waals surface area contributed by atoms with Crippen molar-refractivity contribution >= 4 is 11.9 Å². The Balaban J connectivity index is 2.08. The Morgan fingerprint density at radius 1 is 1.27 bits per heavy atom. The number of likely N-dealkylation sites (N-methyl/N-ethyl adjacent to an activating group) is 1. The molecule has 1 aliphatic rings. The van der Waals surface area contributed by atoms with Gasteiger partial charge in [-0.15, -0.1) is 0 Å². The maximum Gasteiger partial charge on any atom is 0.419 e.